The van der Waals surface area contributed by atoms with Crippen molar-refractivity contribution in [1.29, 1.82) is 0 Å². The zero-order valence-electron chi connectivity index (χ0n) is 8.92. The zero-order chi connectivity index (χ0) is 12.5. The Morgan fingerprint density at radius 3 is 2.83 bits per heavy atom. The third-order valence-electron chi connectivity index (χ3n) is 2.23. The van der Waals surface area contributed by atoms with E-state index in [2.05, 4.69) is 20.9 Å². The smallest absolute Gasteiger partial charge is 0.364 e. The molecule has 0 fully saturated rings. The Hall–Kier alpha value is -2.08. The minimum absolute atomic E-state index is 0.142. The van der Waals surface area contributed by atoms with Crippen molar-refractivity contribution in [3.63, 3.8) is 0 Å². The van der Waals surface area contributed by atoms with Gasteiger partial charge in [-0.15, -0.1) is 0 Å². The number of carbonyl (C=O) groups is 1. The van der Waals surface area contributed by atoms with Crippen molar-refractivity contribution in [2.45, 2.75) is 0 Å². The van der Waals surface area contributed by atoms with E-state index in [-0.39, 0.29) is 11.6 Å². The van der Waals surface area contributed by atoms with Gasteiger partial charge >= 0.3 is 5.97 Å². The number of nitrogens with zero attached hydrogens (tertiary/aromatic N) is 1. The summed E-state index contributed by atoms with van der Waals surface area (Å²) in [5.74, 6) is 0.531. The Labute approximate surface area is 110 Å². The summed E-state index contributed by atoms with van der Waals surface area (Å²) in [7, 11) is 0. The minimum atomic E-state index is -0.533. The topological polar surface area (TPSA) is 64.9 Å². The standard InChI is InChI=1S/C12H6BrNO4/c13-10-4-3-9(17-10)11-14-8(12(15)18-11)6-7-2-1-5-16-7/h1-6H/b8-6+. The van der Waals surface area contributed by atoms with Gasteiger partial charge in [0.25, 0.3) is 5.90 Å². The predicted octanol–water partition coefficient (Wildman–Crippen LogP) is 2.98. The van der Waals surface area contributed by atoms with Gasteiger partial charge in [0, 0.05) is 6.08 Å². The quantitative estimate of drug-likeness (QED) is 0.632. The monoisotopic (exact) mass is 307 g/mol. The third kappa shape index (κ3) is 2.02. The molecule has 1 aliphatic heterocycles. The van der Waals surface area contributed by atoms with E-state index in [1.807, 2.05) is 0 Å². The molecule has 3 rings (SSSR count). The number of ether oxygens (including phenoxy) is 1. The molecule has 0 spiro atoms. The molecule has 0 aromatic carbocycles. The highest BCUT2D eigenvalue weighted by Gasteiger charge is 2.26. The molecule has 0 bridgehead atoms. The predicted molar refractivity (Wildman–Crippen MR) is 65.7 cm³/mol. The van der Waals surface area contributed by atoms with Crippen LogP contribution in [0.15, 0.2) is 54.7 Å². The average molecular weight is 308 g/mol. The van der Waals surface area contributed by atoms with Crippen LogP contribution in [-0.4, -0.2) is 11.9 Å². The van der Waals surface area contributed by atoms with Crippen molar-refractivity contribution < 1.29 is 18.4 Å². The molecule has 0 aliphatic carbocycles. The summed E-state index contributed by atoms with van der Waals surface area (Å²) < 4.78 is 15.9. The van der Waals surface area contributed by atoms with Crippen LogP contribution < -0.4 is 0 Å². The normalized spacial score (nSPS) is 17.1. The first kappa shape index (κ1) is 11.0. The van der Waals surface area contributed by atoms with Crippen LogP contribution in [0.3, 0.4) is 0 Å². The Bertz CT molecular complexity index is 651. The summed E-state index contributed by atoms with van der Waals surface area (Å²) in [5, 5.41) is 0. The van der Waals surface area contributed by atoms with Crippen molar-refractivity contribution in [1.82, 2.24) is 0 Å². The lowest BCUT2D eigenvalue weighted by Crippen LogP contribution is -2.04. The van der Waals surface area contributed by atoms with Gasteiger partial charge in [-0.2, -0.15) is 0 Å². The number of cyclic esters (lactones) is 1. The molecule has 5 nitrogen and oxygen atoms in total. The second-order valence-corrected chi connectivity index (χ2v) is 4.24. The van der Waals surface area contributed by atoms with E-state index in [9.17, 15) is 4.79 Å². The van der Waals surface area contributed by atoms with Crippen LogP contribution in [0.1, 0.15) is 11.5 Å². The van der Waals surface area contributed by atoms with Gasteiger partial charge in [-0.25, -0.2) is 9.79 Å². The van der Waals surface area contributed by atoms with E-state index in [4.69, 9.17) is 13.6 Å². The van der Waals surface area contributed by atoms with Gasteiger partial charge in [-0.1, -0.05) is 0 Å². The zero-order valence-corrected chi connectivity index (χ0v) is 10.5. The average Bonchev–Trinajstić information content (AvgIpc) is 3.03. The van der Waals surface area contributed by atoms with Gasteiger partial charge in [0.2, 0.25) is 0 Å². The van der Waals surface area contributed by atoms with Crippen LogP contribution in [0.5, 0.6) is 0 Å². The molecule has 1 aliphatic rings. The highest BCUT2D eigenvalue weighted by Crippen LogP contribution is 2.22. The number of esters is 1. The largest absolute Gasteiger partial charge is 0.465 e. The fourth-order valence-electron chi connectivity index (χ4n) is 1.45. The first-order chi connectivity index (χ1) is 8.72. The van der Waals surface area contributed by atoms with Crippen LogP contribution in [-0.2, 0) is 9.53 Å². The lowest BCUT2D eigenvalue weighted by Gasteiger charge is -1.92. The van der Waals surface area contributed by atoms with E-state index < -0.39 is 5.97 Å². The van der Waals surface area contributed by atoms with Crippen LogP contribution in [0, 0.1) is 0 Å². The molecule has 0 saturated heterocycles. The van der Waals surface area contributed by atoms with Gasteiger partial charge < -0.3 is 13.6 Å². The lowest BCUT2D eigenvalue weighted by molar-refractivity contribution is -0.130. The van der Waals surface area contributed by atoms with Crippen LogP contribution in [0.2, 0.25) is 0 Å². The van der Waals surface area contributed by atoms with Crippen molar-refractivity contribution >= 4 is 33.9 Å². The molecule has 18 heavy (non-hydrogen) atoms. The second kappa shape index (κ2) is 4.30. The van der Waals surface area contributed by atoms with Gasteiger partial charge in [0.15, 0.2) is 16.1 Å². The number of rotatable bonds is 2. The minimum Gasteiger partial charge on any atom is -0.465 e. The number of aliphatic imine (C=N–C) groups is 1. The summed E-state index contributed by atoms with van der Waals surface area (Å²) in [4.78, 5) is 15.6. The summed E-state index contributed by atoms with van der Waals surface area (Å²) in [5.41, 5.74) is 0.174. The molecule has 0 N–H and O–H groups in total. The van der Waals surface area contributed by atoms with E-state index in [0.717, 1.165) is 0 Å². The fraction of sp³-hybridized carbons (Fsp3) is 0. The number of furan rings is 2. The lowest BCUT2D eigenvalue weighted by atomic mass is 10.3. The third-order valence-corrected chi connectivity index (χ3v) is 2.65. The molecular formula is C12H6BrNO4. The van der Waals surface area contributed by atoms with E-state index in [1.54, 1.807) is 24.3 Å². The van der Waals surface area contributed by atoms with Gasteiger partial charge in [-0.05, 0) is 40.2 Å². The Morgan fingerprint density at radius 2 is 2.17 bits per heavy atom. The Morgan fingerprint density at radius 1 is 1.28 bits per heavy atom. The van der Waals surface area contributed by atoms with E-state index >= 15 is 0 Å². The first-order valence-electron chi connectivity index (χ1n) is 5.04. The molecule has 0 unspecified atom stereocenters. The molecule has 90 valence electrons. The number of hydrogen-bond donors (Lipinski definition) is 0. The Kier molecular flexibility index (Phi) is 2.64. The Balaban J connectivity index is 1.94. The molecule has 0 amide bonds. The van der Waals surface area contributed by atoms with E-state index in [0.29, 0.717) is 16.2 Å². The molecule has 6 heteroatoms. The molecule has 0 atom stereocenters. The summed E-state index contributed by atoms with van der Waals surface area (Å²) in [6, 6.07) is 6.80. The maximum absolute atomic E-state index is 11.6. The molecule has 2 aromatic rings. The van der Waals surface area contributed by atoms with Crippen LogP contribution in [0.25, 0.3) is 6.08 Å². The number of carbonyl (C=O) groups excluding carboxylic acids is 1. The van der Waals surface area contributed by atoms with Crippen LogP contribution >= 0.6 is 15.9 Å². The summed E-state index contributed by atoms with van der Waals surface area (Å²) >= 11 is 3.17. The van der Waals surface area contributed by atoms with Crippen LogP contribution in [0.4, 0.5) is 0 Å². The fourth-order valence-corrected chi connectivity index (χ4v) is 1.76. The highest BCUT2D eigenvalue weighted by molar-refractivity contribution is 9.10. The van der Waals surface area contributed by atoms with E-state index in [1.165, 1.54) is 12.3 Å². The van der Waals surface area contributed by atoms with Crippen molar-refractivity contribution in [3.8, 4) is 0 Å². The first-order valence-corrected chi connectivity index (χ1v) is 5.83. The SMILES string of the molecule is O=C1OC(c2ccc(Br)o2)=N/C1=C/c1ccco1. The molecule has 2 aromatic heterocycles. The molecule has 3 heterocycles. The number of hydrogen-bond acceptors (Lipinski definition) is 5. The summed E-state index contributed by atoms with van der Waals surface area (Å²) in [6.07, 6.45) is 3.02. The number of halogens is 1. The molecular weight excluding hydrogens is 302 g/mol. The summed E-state index contributed by atoms with van der Waals surface area (Å²) in [6.45, 7) is 0. The molecule has 0 saturated carbocycles. The highest BCUT2D eigenvalue weighted by atomic mass is 79.9. The van der Waals surface area contributed by atoms with Gasteiger partial charge in [0.05, 0.1) is 6.26 Å². The second-order valence-electron chi connectivity index (χ2n) is 3.46. The van der Waals surface area contributed by atoms with Gasteiger partial charge in [0.1, 0.15) is 5.76 Å². The van der Waals surface area contributed by atoms with Crippen molar-refractivity contribution in [3.05, 3.63) is 52.4 Å². The van der Waals surface area contributed by atoms with Crippen molar-refractivity contribution in [2.75, 3.05) is 0 Å². The molecule has 0 radical (unpaired) electrons. The van der Waals surface area contributed by atoms with Gasteiger partial charge in [-0.3, -0.25) is 0 Å². The van der Waals surface area contributed by atoms with Crippen molar-refractivity contribution in [2.24, 2.45) is 4.99 Å². The maximum atomic E-state index is 11.6. The maximum Gasteiger partial charge on any atom is 0.364 e.